The van der Waals surface area contributed by atoms with E-state index in [0.29, 0.717) is 23.3 Å². The number of carbonyl (C=O) groups is 1. The van der Waals surface area contributed by atoms with E-state index >= 15 is 0 Å². The van der Waals surface area contributed by atoms with Gasteiger partial charge in [-0.05, 0) is 36.1 Å². The van der Waals surface area contributed by atoms with Crippen LogP contribution in [0.4, 0.5) is 5.95 Å². The lowest BCUT2D eigenvalue weighted by Crippen LogP contribution is -2.39. The van der Waals surface area contributed by atoms with Gasteiger partial charge in [-0.15, -0.1) is 5.10 Å². The van der Waals surface area contributed by atoms with Crippen molar-refractivity contribution < 1.29 is 4.79 Å². The molecule has 2 aromatic carbocycles. The van der Waals surface area contributed by atoms with E-state index in [4.69, 9.17) is 21.7 Å². The Labute approximate surface area is 184 Å². The summed E-state index contributed by atoms with van der Waals surface area (Å²) in [5, 5.41) is 9.58. The summed E-state index contributed by atoms with van der Waals surface area (Å²) in [7, 11) is 0. The normalized spacial score (nSPS) is 20.2. The van der Waals surface area contributed by atoms with Gasteiger partial charge in [-0.1, -0.05) is 71.9 Å². The van der Waals surface area contributed by atoms with E-state index in [2.05, 4.69) is 30.4 Å². The Kier molecular flexibility index (Phi) is 5.13. The number of halogens is 1. The largest absolute Gasteiger partial charge is 0.328 e. The molecule has 5 nitrogen and oxygen atoms in total. The predicted molar refractivity (Wildman–Crippen MR) is 120 cm³/mol. The molecule has 1 aliphatic carbocycles. The van der Waals surface area contributed by atoms with E-state index in [1.807, 2.05) is 41.1 Å². The molecule has 0 spiro atoms. The van der Waals surface area contributed by atoms with Gasteiger partial charge >= 0.3 is 0 Å². The van der Waals surface area contributed by atoms with E-state index in [-0.39, 0.29) is 17.7 Å². The van der Waals surface area contributed by atoms with Crippen molar-refractivity contribution >= 4 is 35.1 Å². The first-order valence-corrected chi connectivity index (χ1v) is 11.4. The van der Waals surface area contributed by atoms with Gasteiger partial charge in [0.15, 0.2) is 0 Å². The minimum Gasteiger partial charge on any atom is -0.328 e. The maximum atomic E-state index is 12.9. The topological polar surface area (TPSA) is 59.8 Å². The lowest BCUT2D eigenvalue weighted by molar-refractivity contribution is -0.123. The van der Waals surface area contributed by atoms with Crippen LogP contribution in [0.15, 0.2) is 65.5 Å². The van der Waals surface area contributed by atoms with Gasteiger partial charge in [0.1, 0.15) is 5.78 Å². The highest BCUT2D eigenvalue weighted by Gasteiger charge is 2.42. The van der Waals surface area contributed by atoms with Crippen LogP contribution in [0.25, 0.3) is 0 Å². The maximum Gasteiger partial charge on any atom is 0.227 e. The van der Waals surface area contributed by atoms with Gasteiger partial charge in [0.25, 0.3) is 0 Å². The number of hydrogen-bond donors (Lipinski definition) is 1. The minimum absolute atomic E-state index is 0.191. The number of ketones is 1. The van der Waals surface area contributed by atoms with Crippen LogP contribution in [0.1, 0.15) is 35.6 Å². The first-order chi connectivity index (χ1) is 14.6. The molecule has 152 valence electrons. The van der Waals surface area contributed by atoms with Crippen molar-refractivity contribution in [2.75, 3.05) is 5.32 Å². The van der Waals surface area contributed by atoms with E-state index < -0.39 is 0 Å². The summed E-state index contributed by atoms with van der Waals surface area (Å²) in [6, 6.07) is 15.8. The van der Waals surface area contributed by atoms with Crippen LogP contribution >= 0.6 is 23.4 Å². The van der Waals surface area contributed by atoms with Crippen LogP contribution in [0.3, 0.4) is 0 Å². The Hall–Kier alpha value is -2.57. The Morgan fingerprint density at radius 2 is 2.00 bits per heavy atom. The van der Waals surface area contributed by atoms with E-state index in [0.717, 1.165) is 33.8 Å². The zero-order chi connectivity index (χ0) is 20.7. The molecule has 7 heteroatoms. The molecular weight excluding hydrogens is 416 g/mol. The summed E-state index contributed by atoms with van der Waals surface area (Å²) in [6.45, 7) is 2.08. The Bertz CT molecular complexity index is 1160. The van der Waals surface area contributed by atoms with Gasteiger partial charge in [0, 0.05) is 22.9 Å². The number of Topliss-reactive ketones (excluding diaryl/α,β-unsaturated/α-hetero) is 1. The highest BCUT2D eigenvalue weighted by atomic mass is 35.5. The number of nitrogens with zero attached hydrogens (tertiary/aromatic N) is 3. The van der Waals surface area contributed by atoms with Crippen LogP contribution < -0.4 is 5.32 Å². The number of allylic oxidation sites excluding steroid dienone is 2. The second kappa shape index (κ2) is 7.93. The van der Waals surface area contributed by atoms with Crippen LogP contribution in [0, 0.1) is 12.8 Å². The second-order valence-electron chi connectivity index (χ2n) is 7.61. The van der Waals surface area contributed by atoms with Crippen LogP contribution in [-0.2, 0) is 10.5 Å². The van der Waals surface area contributed by atoms with E-state index in [1.54, 1.807) is 11.8 Å². The predicted octanol–water partition coefficient (Wildman–Crippen LogP) is 5.41. The maximum absolute atomic E-state index is 12.9. The number of carbonyl (C=O) groups excluding carboxylic acids is 1. The summed E-state index contributed by atoms with van der Waals surface area (Å²) in [6.07, 6.45) is 3.46. The summed E-state index contributed by atoms with van der Waals surface area (Å²) < 4.78 is 1.89. The number of thioether (sulfide) groups is 1. The third-order valence-electron chi connectivity index (χ3n) is 5.71. The molecule has 0 radical (unpaired) electrons. The van der Waals surface area contributed by atoms with Crippen molar-refractivity contribution in [3.63, 3.8) is 0 Å². The van der Waals surface area contributed by atoms with Crippen LogP contribution in [0.5, 0.6) is 0 Å². The Morgan fingerprint density at radius 1 is 1.20 bits per heavy atom. The molecule has 30 heavy (non-hydrogen) atoms. The lowest BCUT2D eigenvalue weighted by atomic mass is 9.80. The molecule has 2 atom stereocenters. The first-order valence-electron chi connectivity index (χ1n) is 10.00. The number of rotatable bonds is 4. The molecule has 0 saturated carbocycles. The monoisotopic (exact) mass is 436 g/mol. The number of hydrogen-bond acceptors (Lipinski definition) is 5. The van der Waals surface area contributed by atoms with Crippen molar-refractivity contribution in [2.24, 2.45) is 5.92 Å². The Balaban J connectivity index is 1.53. The first kappa shape index (κ1) is 19.4. The van der Waals surface area contributed by atoms with Gasteiger partial charge in [0.05, 0.1) is 12.0 Å². The summed E-state index contributed by atoms with van der Waals surface area (Å²) >= 11 is 7.84. The molecule has 3 aromatic rings. The number of aryl methyl sites for hydroxylation is 1. The molecule has 1 aromatic heterocycles. The summed E-state index contributed by atoms with van der Waals surface area (Å²) in [5.74, 6) is 1.36. The number of nitrogens with one attached hydrogen (secondary N) is 1. The molecule has 5 rings (SSSR count). The zero-order valence-corrected chi connectivity index (χ0v) is 18.1. The average molecular weight is 437 g/mol. The molecule has 0 amide bonds. The van der Waals surface area contributed by atoms with Gasteiger partial charge in [0.2, 0.25) is 11.1 Å². The molecule has 0 unspecified atom stereocenters. The number of anilines is 1. The fourth-order valence-corrected chi connectivity index (χ4v) is 5.32. The number of aromatic nitrogens is 3. The molecule has 0 bridgehead atoms. The van der Waals surface area contributed by atoms with Crippen LogP contribution in [-0.4, -0.2) is 20.5 Å². The van der Waals surface area contributed by atoms with Gasteiger partial charge < -0.3 is 5.32 Å². The number of fused-ring (bicyclic) bond motifs is 2. The quantitative estimate of drug-likeness (QED) is 0.554. The highest BCUT2D eigenvalue weighted by Crippen LogP contribution is 2.42. The van der Waals surface area contributed by atoms with E-state index in [9.17, 15) is 4.79 Å². The molecule has 0 saturated heterocycles. The van der Waals surface area contributed by atoms with Crippen molar-refractivity contribution in [3.8, 4) is 0 Å². The third kappa shape index (κ3) is 3.44. The second-order valence-corrected chi connectivity index (χ2v) is 8.96. The highest BCUT2D eigenvalue weighted by molar-refractivity contribution is 7.98. The van der Waals surface area contributed by atoms with Gasteiger partial charge in [-0.2, -0.15) is 4.98 Å². The van der Waals surface area contributed by atoms with Crippen molar-refractivity contribution in [1.82, 2.24) is 14.8 Å². The summed E-state index contributed by atoms with van der Waals surface area (Å²) in [4.78, 5) is 17.7. The SMILES string of the molecule is Cc1ccccc1[C@H]1[C@H]2C(=O)CCC=C2Nc2nc(SCc3ccccc3Cl)nn21. The average Bonchev–Trinajstić information content (AvgIpc) is 3.15. The third-order valence-corrected chi connectivity index (χ3v) is 6.96. The van der Waals surface area contributed by atoms with Crippen molar-refractivity contribution in [1.29, 1.82) is 0 Å². The molecule has 1 aliphatic heterocycles. The molecule has 2 aliphatic rings. The Morgan fingerprint density at radius 3 is 2.83 bits per heavy atom. The minimum atomic E-state index is -0.254. The summed E-state index contributed by atoms with van der Waals surface area (Å²) in [5.41, 5.74) is 4.25. The fraction of sp³-hybridized carbons (Fsp3) is 0.261. The van der Waals surface area contributed by atoms with E-state index in [1.165, 1.54) is 0 Å². The molecule has 1 N–H and O–H groups in total. The van der Waals surface area contributed by atoms with Crippen LogP contribution in [0.2, 0.25) is 5.02 Å². The lowest BCUT2D eigenvalue weighted by Gasteiger charge is -2.36. The van der Waals surface area contributed by atoms with Crippen molar-refractivity contribution in [3.05, 3.63) is 82.0 Å². The van der Waals surface area contributed by atoms with Gasteiger partial charge in [-0.25, -0.2) is 4.68 Å². The molecular formula is C23H21ClN4OS. The number of benzene rings is 2. The fourth-order valence-electron chi connectivity index (χ4n) is 4.20. The molecule has 2 heterocycles. The van der Waals surface area contributed by atoms with Gasteiger partial charge in [-0.3, -0.25) is 4.79 Å². The zero-order valence-electron chi connectivity index (χ0n) is 16.5. The van der Waals surface area contributed by atoms with Crippen molar-refractivity contribution in [2.45, 2.75) is 36.7 Å². The standard InChI is InChI=1S/C23H21ClN4OS/c1-14-7-2-4-9-16(14)21-20-18(11-6-12-19(20)29)25-22-26-23(27-28(21)22)30-13-15-8-3-5-10-17(15)24/h2-5,7-11,20-21H,6,12-13H2,1H3,(H,25,26,27)/t20-,21+/m1/s1. The molecule has 0 fully saturated rings. The smallest absolute Gasteiger partial charge is 0.227 e.